The third-order valence-corrected chi connectivity index (χ3v) is 3.62. The van der Waals surface area contributed by atoms with Crippen molar-refractivity contribution in [3.63, 3.8) is 0 Å². The van der Waals surface area contributed by atoms with Crippen LogP contribution in [0.15, 0.2) is 48.5 Å². The van der Waals surface area contributed by atoms with Crippen LogP contribution < -0.4 is 5.32 Å². The molecule has 0 aliphatic carbocycles. The highest BCUT2D eigenvalue weighted by Gasteiger charge is 2.13. The summed E-state index contributed by atoms with van der Waals surface area (Å²) >= 11 is 0. The largest absolute Gasteiger partial charge is 0.465 e. The lowest BCUT2D eigenvalue weighted by atomic mass is 10.1. The molecule has 0 bridgehead atoms. The maximum Gasteiger partial charge on any atom is 0.338 e. The van der Waals surface area contributed by atoms with E-state index in [1.807, 2.05) is 0 Å². The van der Waals surface area contributed by atoms with Gasteiger partial charge in [-0.05, 0) is 62.4 Å². The molecule has 0 saturated heterocycles. The molecule has 2 aromatic carbocycles. The number of esters is 3. The number of carbonyl (C=O) groups excluding carboxylic acids is 4. The van der Waals surface area contributed by atoms with Crippen LogP contribution in [0.4, 0.5) is 5.69 Å². The number of amides is 1. The van der Waals surface area contributed by atoms with Gasteiger partial charge in [0.1, 0.15) is 0 Å². The summed E-state index contributed by atoms with van der Waals surface area (Å²) in [7, 11) is 1.26. The number of benzene rings is 2. The SMILES string of the molecule is COC(=O)c1ccc(C(=O)OCC(=O)Nc2ccc(C(=O)OC(C)C)cc2)cc1. The van der Waals surface area contributed by atoms with Crippen LogP contribution in [0.2, 0.25) is 0 Å². The molecule has 8 heteroatoms. The number of hydrogen-bond donors (Lipinski definition) is 1. The van der Waals surface area contributed by atoms with E-state index >= 15 is 0 Å². The minimum absolute atomic E-state index is 0.193. The van der Waals surface area contributed by atoms with Gasteiger partial charge in [0.25, 0.3) is 5.91 Å². The van der Waals surface area contributed by atoms with Gasteiger partial charge in [-0.3, -0.25) is 4.79 Å². The van der Waals surface area contributed by atoms with E-state index in [1.54, 1.807) is 26.0 Å². The van der Waals surface area contributed by atoms with E-state index in [0.717, 1.165) is 0 Å². The van der Waals surface area contributed by atoms with E-state index in [0.29, 0.717) is 16.8 Å². The molecular weight excluding hydrogens is 378 g/mol. The predicted molar refractivity (Wildman–Crippen MR) is 104 cm³/mol. The van der Waals surface area contributed by atoms with Gasteiger partial charge in [0, 0.05) is 5.69 Å². The summed E-state index contributed by atoms with van der Waals surface area (Å²) in [6, 6.07) is 11.8. The lowest BCUT2D eigenvalue weighted by molar-refractivity contribution is -0.119. The number of carbonyl (C=O) groups is 4. The maximum atomic E-state index is 12.0. The average molecular weight is 399 g/mol. The Morgan fingerprint density at radius 1 is 0.793 bits per heavy atom. The van der Waals surface area contributed by atoms with Crippen LogP contribution in [0.25, 0.3) is 0 Å². The first-order chi connectivity index (χ1) is 13.8. The number of hydrogen-bond acceptors (Lipinski definition) is 7. The molecule has 2 rings (SSSR count). The Balaban J connectivity index is 1.85. The molecule has 0 fully saturated rings. The van der Waals surface area contributed by atoms with Crippen LogP contribution in [-0.2, 0) is 19.0 Å². The lowest BCUT2D eigenvalue weighted by Crippen LogP contribution is -2.21. The normalized spacial score (nSPS) is 10.2. The third kappa shape index (κ3) is 6.46. The molecule has 0 unspecified atom stereocenters. The average Bonchev–Trinajstić information content (AvgIpc) is 2.71. The lowest BCUT2D eigenvalue weighted by Gasteiger charge is -2.09. The summed E-state index contributed by atoms with van der Waals surface area (Å²) in [5, 5.41) is 2.56. The Labute approximate surface area is 167 Å². The third-order valence-electron chi connectivity index (χ3n) is 3.62. The second-order valence-electron chi connectivity index (χ2n) is 6.22. The first-order valence-electron chi connectivity index (χ1n) is 8.76. The van der Waals surface area contributed by atoms with Gasteiger partial charge in [0.2, 0.25) is 0 Å². The molecule has 29 heavy (non-hydrogen) atoms. The van der Waals surface area contributed by atoms with Gasteiger partial charge < -0.3 is 19.5 Å². The van der Waals surface area contributed by atoms with Crippen molar-refractivity contribution in [2.24, 2.45) is 0 Å². The zero-order chi connectivity index (χ0) is 21.4. The number of ether oxygens (including phenoxy) is 3. The molecule has 2 aromatic rings. The van der Waals surface area contributed by atoms with Crippen molar-refractivity contribution in [1.29, 1.82) is 0 Å². The highest BCUT2D eigenvalue weighted by molar-refractivity contribution is 5.97. The monoisotopic (exact) mass is 399 g/mol. The van der Waals surface area contributed by atoms with Crippen LogP contribution in [0.5, 0.6) is 0 Å². The molecule has 0 aromatic heterocycles. The summed E-state index contributed by atoms with van der Waals surface area (Å²) in [6.07, 6.45) is -0.228. The van der Waals surface area contributed by atoms with Crippen LogP contribution in [0.3, 0.4) is 0 Å². The van der Waals surface area contributed by atoms with Crippen molar-refractivity contribution in [2.75, 3.05) is 19.0 Å². The van der Waals surface area contributed by atoms with E-state index in [4.69, 9.17) is 9.47 Å². The summed E-state index contributed by atoms with van der Waals surface area (Å²) in [5.41, 5.74) is 1.29. The zero-order valence-electron chi connectivity index (χ0n) is 16.3. The fourth-order valence-corrected chi connectivity index (χ4v) is 2.24. The molecule has 0 aliphatic heterocycles. The molecule has 1 amide bonds. The number of anilines is 1. The van der Waals surface area contributed by atoms with Gasteiger partial charge in [-0.15, -0.1) is 0 Å². The molecule has 1 N–H and O–H groups in total. The molecule has 0 aliphatic rings. The Bertz CT molecular complexity index is 886. The van der Waals surface area contributed by atoms with Gasteiger partial charge in [0.15, 0.2) is 6.61 Å². The van der Waals surface area contributed by atoms with Crippen molar-refractivity contribution in [3.05, 3.63) is 65.2 Å². The number of nitrogens with one attached hydrogen (secondary N) is 1. The minimum atomic E-state index is -0.705. The Hall–Kier alpha value is -3.68. The van der Waals surface area contributed by atoms with Crippen LogP contribution in [0, 0.1) is 0 Å². The second kappa shape index (κ2) is 10.0. The van der Waals surface area contributed by atoms with E-state index in [2.05, 4.69) is 10.1 Å². The summed E-state index contributed by atoms with van der Waals surface area (Å²) in [5.74, 6) is -2.22. The highest BCUT2D eigenvalue weighted by Crippen LogP contribution is 2.12. The Kier molecular flexibility index (Phi) is 7.47. The molecular formula is C21H21NO7. The number of methoxy groups -OCH3 is 1. The molecule has 0 radical (unpaired) electrons. The van der Waals surface area contributed by atoms with Gasteiger partial charge in [-0.25, -0.2) is 14.4 Å². The maximum absolute atomic E-state index is 12.0. The Morgan fingerprint density at radius 3 is 1.79 bits per heavy atom. The standard InChI is InChI=1S/C21H21NO7/c1-13(2)29-21(26)16-8-10-17(11-9-16)22-18(23)12-28-20(25)15-6-4-14(5-7-15)19(24)27-3/h4-11,13H,12H2,1-3H3,(H,22,23). The summed E-state index contributed by atoms with van der Waals surface area (Å²) in [4.78, 5) is 47.1. The first-order valence-corrected chi connectivity index (χ1v) is 8.76. The Morgan fingerprint density at radius 2 is 1.28 bits per heavy atom. The van der Waals surface area contributed by atoms with Gasteiger partial charge in [-0.1, -0.05) is 0 Å². The zero-order valence-corrected chi connectivity index (χ0v) is 16.3. The number of rotatable bonds is 7. The van der Waals surface area contributed by atoms with E-state index in [-0.39, 0.29) is 11.7 Å². The van der Waals surface area contributed by atoms with Crippen LogP contribution >= 0.6 is 0 Å². The van der Waals surface area contributed by atoms with Crippen molar-refractivity contribution in [3.8, 4) is 0 Å². The van der Waals surface area contributed by atoms with E-state index in [1.165, 1.54) is 43.5 Å². The van der Waals surface area contributed by atoms with Crippen molar-refractivity contribution < 1.29 is 33.4 Å². The molecule has 152 valence electrons. The fraction of sp³-hybridized carbons (Fsp3) is 0.238. The van der Waals surface area contributed by atoms with Gasteiger partial charge >= 0.3 is 17.9 Å². The van der Waals surface area contributed by atoms with Gasteiger partial charge in [0.05, 0.1) is 29.9 Å². The van der Waals surface area contributed by atoms with Crippen LogP contribution in [-0.4, -0.2) is 43.6 Å². The van der Waals surface area contributed by atoms with E-state index in [9.17, 15) is 19.2 Å². The predicted octanol–water partition coefficient (Wildman–Crippen LogP) is 2.83. The molecule has 0 atom stereocenters. The van der Waals surface area contributed by atoms with Crippen molar-refractivity contribution in [1.82, 2.24) is 0 Å². The van der Waals surface area contributed by atoms with E-state index < -0.39 is 30.4 Å². The van der Waals surface area contributed by atoms with Crippen molar-refractivity contribution >= 4 is 29.5 Å². The smallest absolute Gasteiger partial charge is 0.338 e. The minimum Gasteiger partial charge on any atom is -0.465 e. The molecule has 0 heterocycles. The van der Waals surface area contributed by atoms with Gasteiger partial charge in [-0.2, -0.15) is 0 Å². The topological polar surface area (TPSA) is 108 Å². The quantitative estimate of drug-likeness (QED) is 0.563. The molecule has 0 saturated carbocycles. The highest BCUT2D eigenvalue weighted by atomic mass is 16.5. The summed E-state index contributed by atoms with van der Waals surface area (Å²) in [6.45, 7) is 3.01. The molecule has 8 nitrogen and oxygen atoms in total. The first kappa shape index (κ1) is 21.6. The van der Waals surface area contributed by atoms with Crippen LogP contribution in [0.1, 0.15) is 44.9 Å². The van der Waals surface area contributed by atoms with Crippen molar-refractivity contribution in [2.45, 2.75) is 20.0 Å². The summed E-state index contributed by atoms with van der Waals surface area (Å²) < 4.78 is 14.6. The fourth-order valence-electron chi connectivity index (χ4n) is 2.24. The molecule has 0 spiro atoms. The second-order valence-corrected chi connectivity index (χ2v) is 6.22.